The van der Waals surface area contributed by atoms with Crippen LogP contribution in [0.2, 0.25) is 0 Å². The second-order valence-electron chi connectivity index (χ2n) is 9.30. The zero-order valence-corrected chi connectivity index (χ0v) is 21.7. The quantitative estimate of drug-likeness (QED) is 0.414. The lowest BCUT2D eigenvalue weighted by Crippen LogP contribution is -2.49. The number of aromatic nitrogens is 3. The fourth-order valence-electron chi connectivity index (χ4n) is 4.47. The van der Waals surface area contributed by atoms with Gasteiger partial charge < -0.3 is 24.0 Å². The summed E-state index contributed by atoms with van der Waals surface area (Å²) < 4.78 is 57.1. The third-order valence-corrected chi connectivity index (χ3v) is 6.56. The molecule has 4 heterocycles. The highest BCUT2D eigenvalue weighted by molar-refractivity contribution is 5.76. The summed E-state index contributed by atoms with van der Waals surface area (Å²) in [6, 6.07) is 5.50. The summed E-state index contributed by atoms with van der Waals surface area (Å²) >= 11 is 0. The predicted octanol–water partition coefficient (Wildman–Crippen LogP) is 0.890. The fraction of sp³-hybridized carbons (Fsp3) is 0.560. The van der Waals surface area contributed by atoms with Gasteiger partial charge >= 0.3 is 6.18 Å². The van der Waals surface area contributed by atoms with E-state index in [4.69, 9.17) is 19.5 Å². The van der Waals surface area contributed by atoms with E-state index in [0.717, 1.165) is 12.0 Å². The Labute approximate surface area is 228 Å². The Kier molecular flexibility index (Phi) is 9.91. The molecule has 2 aliphatic heterocycles. The highest BCUT2D eigenvalue weighted by atomic mass is 19.4. The number of nitriles is 1. The topological polar surface area (TPSA) is 137 Å². The normalized spacial score (nSPS) is 17.4. The molecule has 2 fully saturated rings. The van der Waals surface area contributed by atoms with Gasteiger partial charge in [0.1, 0.15) is 18.0 Å². The number of rotatable bonds is 10. The van der Waals surface area contributed by atoms with Crippen LogP contribution in [0.3, 0.4) is 0 Å². The van der Waals surface area contributed by atoms with Gasteiger partial charge in [-0.15, -0.1) is 0 Å². The molecular formula is C25H30F3N7O5. The molecule has 1 N–H and O–H groups in total. The maximum absolute atomic E-state index is 13.5. The minimum atomic E-state index is -4.93. The third kappa shape index (κ3) is 7.90. The van der Waals surface area contributed by atoms with Crippen LogP contribution >= 0.6 is 0 Å². The number of aromatic amines is 1. The maximum Gasteiger partial charge on any atom is 0.425 e. The molecule has 12 nitrogen and oxygen atoms in total. The number of hydrogen-bond acceptors (Lipinski definition) is 10. The summed E-state index contributed by atoms with van der Waals surface area (Å²) in [4.78, 5) is 34.6. The molecule has 1 atom stereocenters. The van der Waals surface area contributed by atoms with Crippen LogP contribution in [-0.2, 0) is 20.4 Å². The molecular weight excluding hydrogens is 535 g/mol. The molecule has 0 saturated carbocycles. The fourth-order valence-corrected chi connectivity index (χ4v) is 4.47. The Hall–Kier alpha value is -3.74. The van der Waals surface area contributed by atoms with Gasteiger partial charge in [0, 0.05) is 52.0 Å². The van der Waals surface area contributed by atoms with Gasteiger partial charge in [-0.2, -0.15) is 23.5 Å². The predicted molar refractivity (Wildman–Crippen MR) is 135 cm³/mol. The average Bonchev–Trinajstić information content (AvgIpc) is 2.95. The molecule has 2 aliphatic rings. The van der Waals surface area contributed by atoms with Gasteiger partial charge in [-0.1, -0.05) is 0 Å². The van der Waals surface area contributed by atoms with Crippen LogP contribution in [-0.4, -0.2) is 109 Å². The number of ether oxygens (including phenoxy) is 3. The minimum absolute atomic E-state index is 0.0545. The Morgan fingerprint density at radius 1 is 1.15 bits per heavy atom. The Bertz CT molecular complexity index is 1220. The molecule has 0 aromatic carbocycles. The van der Waals surface area contributed by atoms with Gasteiger partial charge in [0.15, 0.2) is 11.3 Å². The Balaban J connectivity index is 1.28. The number of halogens is 3. The van der Waals surface area contributed by atoms with Crippen molar-refractivity contribution in [1.29, 1.82) is 5.26 Å². The lowest BCUT2D eigenvalue weighted by atomic mass is 10.2. The molecule has 1 unspecified atom stereocenters. The van der Waals surface area contributed by atoms with E-state index in [-0.39, 0.29) is 32.1 Å². The van der Waals surface area contributed by atoms with Crippen molar-refractivity contribution in [3.8, 4) is 11.8 Å². The van der Waals surface area contributed by atoms with E-state index in [1.807, 2.05) is 15.9 Å². The molecule has 0 spiro atoms. The number of carbonyl (C=O) groups excluding carboxylic acids is 1. The zero-order chi connectivity index (χ0) is 28.5. The van der Waals surface area contributed by atoms with Crippen LogP contribution in [0.15, 0.2) is 29.3 Å². The van der Waals surface area contributed by atoms with Crippen molar-refractivity contribution in [2.45, 2.75) is 18.7 Å². The molecule has 2 aromatic heterocycles. The number of H-pyrrole nitrogens is 1. The number of pyridine rings is 1. The van der Waals surface area contributed by atoms with E-state index in [1.54, 1.807) is 22.1 Å². The first-order chi connectivity index (χ1) is 19.2. The lowest BCUT2D eigenvalue weighted by Gasteiger charge is -2.35. The average molecular weight is 566 g/mol. The summed E-state index contributed by atoms with van der Waals surface area (Å²) in [6.07, 6.45) is -3.34. The van der Waals surface area contributed by atoms with E-state index >= 15 is 0 Å². The molecule has 2 saturated heterocycles. The molecule has 40 heavy (non-hydrogen) atoms. The number of piperazine rings is 1. The number of anilines is 1. The van der Waals surface area contributed by atoms with Crippen LogP contribution in [0.4, 0.5) is 19.0 Å². The number of hydrogen-bond donors (Lipinski definition) is 1. The van der Waals surface area contributed by atoms with Crippen molar-refractivity contribution >= 4 is 11.7 Å². The van der Waals surface area contributed by atoms with Crippen LogP contribution in [0.1, 0.15) is 17.5 Å². The number of nitrogens with zero attached hydrogens (tertiary/aromatic N) is 6. The van der Waals surface area contributed by atoms with E-state index < -0.39 is 29.2 Å². The lowest BCUT2D eigenvalue weighted by molar-refractivity contribution is -0.141. The molecule has 216 valence electrons. The first-order valence-electron chi connectivity index (χ1n) is 12.8. The van der Waals surface area contributed by atoms with Crippen LogP contribution in [0, 0.1) is 11.3 Å². The van der Waals surface area contributed by atoms with E-state index in [0.29, 0.717) is 58.0 Å². The van der Waals surface area contributed by atoms with Gasteiger partial charge in [-0.3, -0.25) is 14.5 Å². The van der Waals surface area contributed by atoms with Gasteiger partial charge in [0.2, 0.25) is 5.91 Å². The van der Waals surface area contributed by atoms with Gasteiger partial charge in [-0.25, -0.2) is 10.1 Å². The summed E-state index contributed by atoms with van der Waals surface area (Å²) in [5.74, 6) is -0.0370. The molecule has 0 aliphatic carbocycles. The first-order valence-corrected chi connectivity index (χ1v) is 12.8. The molecule has 15 heteroatoms. The molecule has 2 aromatic rings. The largest absolute Gasteiger partial charge is 0.484 e. The number of alkyl halides is 3. The monoisotopic (exact) mass is 565 g/mol. The van der Waals surface area contributed by atoms with Crippen molar-refractivity contribution in [3.05, 3.63) is 46.0 Å². The van der Waals surface area contributed by atoms with E-state index in [2.05, 4.69) is 10.1 Å². The van der Waals surface area contributed by atoms with Gasteiger partial charge in [0.05, 0.1) is 44.6 Å². The first kappa shape index (κ1) is 29.2. The summed E-state index contributed by atoms with van der Waals surface area (Å²) in [6.45, 7) is 4.49. The van der Waals surface area contributed by atoms with Crippen LogP contribution in [0.25, 0.3) is 0 Å². The molecule has 0 radical (unpaired) electrons. The van der Waals surface area contributed by atoms with Crippen molar-refractivity contribution in [1.82, 2.24) is 25.0 Å². The molecule has 4 rings (SSSR count). The highest BCUT2D eigenvalue weighted by Gasteiger charge is 2.39. The number of carbonyl (C=O) groups is 1. The van der Waals surface area contributed by atoms with Crippen molar-refractivity contribution in [2.75, 3.05) is 77.1 Å². The Morgan fingerprint density at radius 3 is 2.55 bits per heavy atom. The SMILES string of the molecule is N#Cc1ccc(N2CCN(C(=O)CCOCC(CN3CCOCC3)Oc3cn[nH]c(=O)c3C(F)(F)F)CC2)nc1. The zero-order valence-electron chi connectivity index (χ0n) is 21.7. The summed E-state index contributed by atoms with van der Waals surface area (Å²) in [7, 11) is 0. The smallest absolute Gasteiger partial charge is 0.425 e. The van der Waals surface area contributed by atoms with Crippen LogP contribution in [0.5, 0.6) is 5.75 Å². The van der Waals surface area contributed by atoms with E-state index in [9.17, 15) is 22.8 Å². The van der Waals surface area contributed by atoms with Crippen molar-refractivity contribution in [2.24, 2.45) is 0 Å². The third-order valence-electron chi connectivity index (χ3n) is 6.56. The summed E-state index contributed by atoms with van der Waals surface area (Å²) in [5.41, 5.74) is -2.37. The van der Waals surface area contributed by atoms with E-state index in [1.165, 1.54) is 6.20 Å². The van der Waals surface area contributed by atoms with Gasteiger partial charge in [0.25, 0.3) is 5.56 Å². The highest BCUT2D eigenvalue weighted by Crippen LogP contribution is 2.33. The van der Waals surface area contributed by atoms with Crippen molar-refractivity contribution in [3.63, 3.8) is 0 Å². The molecule has 1 amide bonds. The van der Waals surface area contributed by atoms with Crippen LogP contribution < -0.4 is 15.2 Å². The standard InChI is InChI=1S/C25H30F3N7O5/c26-25(27,28)23-20(15-31-32-24(23)37)40-19(16-33-8-11-38-12-9-33)17-39-10-3-22(36)35-6-4-34(5-7-35)21-2-1-18(13-29)14-30-21/h1-2,14-15,19H,3-12,16-17H2,(H,32,37). The van der Waals surface area contributed by atoms with Gasteiger partial charge in [-0.05, 0) is 12.1 Å². The minimum Gasteiger partial charge on any atom is -0.484 e. The number of nitrogens with one attached hydrogen (secondary N) is 1. The number of morpholine rings is 1. The maximum atomic E-state index is 13.5. The second kappa shape index (κ2) is 13.6. The van der Waals surface area contributed by atoms with Crippen molar-refractivity contribution < 1.29 is 32.2 Å². The molecule has 0 bridgehead atoms. The Morgan fingerprint density at radius 2 is 1.90 bits per heavy atom. The summed E-state index contributed by atoms with van der Waals surface area (Å²) in [5, 5.41) is 14.2. The second-order valence-corrected chi connectivity index (χ2v) is 9.30. The number of amides is 1.